The first-order valence-electron chi connectivity index (χ1n) is 5.94. The molecule has 0 fully saturated rings. The average Bonchev–Trinajstić information content (AvgIpc) is 2.35. The molecule has 0 amide bonds. The maximum atomic E-state index is 11.0. The van der Waals surface area contributed by atoms with Gasteiger partial charge in [0.15, 0.2) is 11.4 Å². The zero-order valence-electron chi connectivity index (χ0n) is 10.9. The predicted molar refractivity (Wildman–Crippen MR) is 71.4 cm³/mol. The van der Waals surface area contributed by atoms with E-state index in [1.165, 1.54) is 6.20 Å². The summed E-state index contributed by atoms with van der Waals surface area (Å²) in [6, 6.07) is 9.38. The van der Waals surface area contributed by atoms with Gasteiger partial charge in [-0.25, -0.2) is 9.78 Å². The van der Waals surface area contributed by atoms with E-state index in [9.17, 15) is 4.79 Å². The van der Waals surface area contributed by atoms with Gasteiger partial charge in [0.2, 0.25) is 0 Å². The van der Waals surface area contributed by atoms with Crippen molar-refractivity contribution in [2.75, 3.05) is 0 Å². The molecule has 1 heterocycles. The standard InChI is InChI=1S/C15H15NO3/c1-10-6-11(2)8-12(7-10)9-19-13-4-3-5-16-14(13)15(17)18/h3-8H,9H2,1-2H3,(H,17,18). The number of pyridine rings is 1. The molecule has 1 aromatic carbocycles. The van der Waals surface area contributed by atoms with Gasteiger partial charge in [-0.3, -0.25) is 0 Å². The number of benzene rings is 1. The fourth-order valence-electron chi connectivity index (χ4n) is 1.98. The van der Waals surface area contributed by atoms with Crippen LogP contribution >= 0.6 is 0 Å². The van der Waals surface area contributed by atoms with Gasteiger partial charge < -0.3 is 9.84 Å². The lowest BCUT2D eigenvalue weighted by molar-refractivity contribution is 0.0685. The first kappa shape index (κ1) is 13.1. The third-order valence-electron chi connectivity index (χ3n) is 2.65. The van der Waals surface area contributed by atoms with Crippen LogP contribution in [0.5, 0.6) is 5.75 Å². The second-order valence-electron chi connectivity index (χ2n) is 4.44. The molecule has 0 saturated heterocycles. The summed E-state index contributed by atoms with van der Waals surface area (Å²) in [7, 11) is 0. The van der Waals surface area contributed by atoms with Crippen molar-refractivity contribution in [3.63, 3.8) is 0 Å². The Balaban J connectivity index is 2.16. The Bertz CT molecular complexity index is 588. The lowest BCUT2D eigenvalue weighted by Crippen LogP contribution is -2.05. The minimum Gasteiger partial charge on any atom is -0.486 e. The number of carboxylic acids is 1. The molecule has 19 heavy (non-hydrogen) atoms. The number of rotatable bonds is 4. The highest BCUT2D eigenvalue weighted by molar-refractivity contribution is 5.88. The van der Waals surface area contributed by atoms with E-state index < -0.39 is 5.97 Å². The van der Waals surface area contributed by atoms with Gasteiger partial charge in [-0.05, 0) is 31.5 Å². The number of carbonyl (C=O) groups is 1. The van der Waals surface area contributed by atoms with Crippen LogP contribution in [0.1, 0.15) is 27.2 Å². The van der Waals surface area contributed by atoms with E-state index in [0.29, 0.717) is 6.61 Å². The molecule has 2 aromatic rings. The van der Waals surface area contributed by atoms with Crippen molar-refractivity contribution in [2.24, 2.45) is 0 Å². The highest BCUT2D eigenvalue weighted by Gasteiger charge is 2.12. The predicted octanol–water partition coefficient (Wildman–Crippen LogP) is 2.98. The summed E-state index contributed by atoms with van der Waals surface area (Å²) in [5.74, 6) is -0.801. The minimum atomic E-state index is -1.09. The molecule has 0 aliphatic heterocycles. The fourth-order valence-corrected chi connectivity index (χ4v) is 1.98. The van der Waals surface area contributed by atoms with E-state index in [0.717, 1.165) is 16.7 Å². The van der Waals surface area contributed by atoms with Gasteiger partial charge in [0.25, 0.3) is 0 Å². The number of aryl methyl sites for hydroxylation is 2. The topological polar surface area (TPSA) is 59.4 Å². The molecule has 0 saturated carbocycles. The Labute approximate surface area is 111 Å². The van der Waals surface area contributed by atoms with E-state index in [1.807, 2.05) is 26.0 Å². The van der Waals surface area contributed by atoms with Gasteiger partial charge in [-0.2, -0.15) is 0 Å². The number of hydrogen-bond acceptors (Lipinski definition) is 3. The Kier molecular flexibility index (Phi) is 3.80. The molecular formula is C15H15NO3. The Morgan fingerprint density at radius 2 is 1.95 bits per heavy atom. The van der Waals surface area contributed by atoms with Crippen molar-refractivity contribution in [3.05, 3.63) is 58.9 Å². The van der Waals surface area contributed by atoms with Gasteiger partial charge in [0.05, 0.1) is 0 Å². The molecule has 4 heteroatoms. The van der Waals surface area contributed by atoms with Gasteiger partial charge in [0.1, 0.15) is 6.61 Å². The van der Waals surface area contributed by atoms with E-state index >= 15 is 0 Å². The summed E-state index contributed by atoms with van der Waals surface area (Å²) in [6.07, 6.45) is 1.44. The van der Waals surface area contributed by atoms with Crippen LogP contribution in [-0.2, 0) is 6.61 Å². The maximum absolute atomic E-state index is 11.0. The first-order valence-corrected chi connectivity index (χ1v) is 5.94. The van der Waals surface area contributed by atoms with E-state index in [-0.39, 0.29) is 11.4 Å². The zero-order chi connectivity index (χ0) is 13.8. The van der Waals surface area contributed by atoms with Crippen LogP contribution in [0, 0.1) is 13.8 Å². The van der Waals surface area contributed by atoms with Crippen molar-refractivity contribution in [1.29, 1.82) is 0 Å². The van der Waals surface area contributed by atoms with Gasteiger partial charge in [0, 0.05) is 6.20 Å². The summed E-state index contributed by atoms with van der Waals surface area (Å²) in [5, 5.41) is 9.01. The van der Waals surface area contributed by atoms with Crippen LogP contribution in [0.25, 0.3) is 0 Å². The fraction of sp³-hybridized carbons (Fsp3) is 0.200. The molecule has 2 rings (SSSR count). The number of aromatic carboxylic acids is 1. The van der Waals surface area contributed by atoms with Crippen LogP contribution < -0.4 is 4.74 Å². The quantitative estimate of drug-likeness (QED) is 0.914. The number of ether oxygens (including phenoxy) is 1. The smallest absolute Gasteiger partial charge is 0.358 e. The molecule has 0 aliphatic carbocycles. The molecule has 98 valence electrons. The highest BCUT2D eigenvalue weighted by atomic mass is 16.5. The first-order chi connectivity index (χ1) is 9.06. The summed E-state index contributed by atoms with van der Waals surface area (Å²) < 4.78 is 5.55. The second-order valence-corrected chi connectivity index (χ2v) is 4.44. The van der Waals surface area contributed by atoms with Crippen LogP contribution in [0.2, 0.25) is 0 Å². The van der Waals surface area contributed by atoms with Crippen LogP contribution in [-0.4, -0.2) is 16.1 Å². The average molecular weight is 257 g/mol. The van der Waals surface area contributed by atoms with E-state index in [1.54, 1.807) is 12.1 Å². The highest BCUT2D eigenvalue weighted by Crippen LogP contribution is 2.18. The number of aromatic nitrogens is 1. The summed E-state index contributed by atoms with van der Waals surface area (Å²) in [6.45, 7) is 4.36. The molecule has 0 radical (unpaired) electrons. The number of nitrogens with zero attached hydrogens (tertiary/aromatic N) is 1. The van der Waals surface area contributed by atoms with Gasteiger partial charge in [-0.15, -0.1) is 0 Å². The lowest BCUT2D eigenvalue weighted by atomic mass is 10.1. The number of carboxylic acid groups (broad SMARTS) is 1. The van der Waals surface area contributed by atoms with Crippen molar-refractivity contribution >= 4 is 5.97 Å². The third-order valence-corrected chi connectivity index (χ3v) is 2.65. The second kappa shape index (κ2) is 5.52. The number of hydrogen-bond donors (Lipinski definition) is 1. The van der Waals surface area contributed by atoms with Crippen molar-refractivity contribution < 1.29 is 14.6 Å². The van der Waals surface area contributed by atoms with Crippen LogP contribution in [0.3, 0.4) is 0 Å². The van der Waals surface area contributed by atoms with Crippen molar-refractivity contribution in [3.8, 4) is 5.75 Å². The van der Waals surface area contributed by atoms with Gasteiger partial charge >= 0.3 is 5.97 Å². The SMILES string of the molecule is Cc1cc(C)cc(COc2cccnc2C(=O)O)c1. The molecule has 4 nitrogen and oxygen atoms in total. The molecular weight excluding hydrogens is 242 g/mol. The van der Waals surface area contributed by atoms with Crippen LogP contribution in [0.15, 0.2) is 36.5 Å². The van der Waals surface area contributed by atoms with Crippen LogP contribution in [0.4, 0.5) is 0 Å². The zero-order valence-corrected chi connectivity index (χ0v) is 10.9. The molecule has 0 bridgehead atoms. The Morgan fingerprint density at radius 1 is 1.26 bits per heavy atom. The minimum absolute atomic E-state index is 0.0631. The molecule has 0 spiro atoms. The summed E-state index contributed by atoms with van der Waals surface area (Å²) in [5.41, 5.74) is 3.26. The molecule has 0 unspecified atom stereocenters. The van der Waals surface area contributed by atoms with E-state index in [2.05, 4.69) is 11.1 Å². The normalized spacial score (nSPS) is 10.2. The lowest BCUT2D eigenvalue weighted by Gasteiger charge is -2.09. The monoisotopic (exact) mass is 257 g/mol. The molecule has 0 atom stereocenters. The molecule has 0 aliphatic rings. The Hall–Kier alpha value is -2.36. The van der Waals surface area contributed by atoms with Crippen molar-refractivity contribution in [1.82, 2.24) is 4.98 Å². The Morgan fingerprint density at radius 3 is 2.58 bits per heavy atom. The maximum Gasteiger partial charge on any atom is 0.358 e. The third kappa shape index (κ3) is 3.31. The summed E-state index contributed by atoms with van der Waals surface area (Å²) in [4.78, 5) is 14.8. The van der Waals surface area contributed by atoms with Gasteiger partial charge in [-0.1, -0.05) is 29.3 Å². The molecule has 1 N–H and O–H groups in total. The van der Waals surface area contributed by atoms with E-state index in [4.69, 9.17) is 9.84 Å². The molecule has 1 aromatic heterocycles. The summed E-state index contributed by atoms with van der Waals surface area (Å²) >= 11 is 0. The largest absolute Gasteiger partial charge is 0.486 e. The van der Waals surface area contributed by atoms with Crippen molar-refractivity contribution in [2.45, 2.75) is 20.5 Å².